The van der Waals surface area contributed by atoms with Crippen LogP contribution in [0.2, 0.25) is 0 Å². The van der Waals surface area contributed by atoms with E-state index in [9.17, 15) is 24.0 Å². The lowest BCUT2D eigenvalue weighted by Gasteiger charge is -2.45. The van der Waals surface area contributed by atoms with Gasteiger partial charge in [0.15, 0.2) is 0 Å². The summed E-state index contributed by atoms with van der Waals surface area (Å²) in [5.41, 5.74) is 0. The van der Waals surface area contributed by atoms with Crippen molar-refractivity contribution in [2.75, 3.05) is 26.9 Å². The van der Waals surface area contributed by atoms with Crippen LogP contribution in [0.15, 0.2) is 12.2 Å². The van der Waals surface area contributed by atoms with Gasteiger partial charge >= 0.3 is 29.8 Å². The highest BCUT2D eigenvalue weighted by Crippen LogP contribution is 2.31. The van der Waals surface area contributed by atoms with Crippen LogP contribution in [0.5, 0.6) is 0 Å². The quantitative estimate of drug-likeness (QED) is 0.201. The topological polar surface area (TPSA) is 153 Å². The minimum atomic E-state index is -1.25. The smallest absolute Gasteiger partial charge is 0.333 e. The molecule has 0 unspecified atom stereocenters. The van der Waals surface area contributed by atoms with Crippen LogP contribution in [-0.2, 0) is 52.4 Å². The maximum atomic E-state index is 12.4. The van der Waals surface area contributed by atoms with Crippen LogP contribution in [0.1, 0.15) is 53.4 Å². The van der Waals surface area contributed by atoms with Crippen molar-refractivity contribution in [2.24, 2.45) is 5.92 Å². The fourth-order valence-corrected chi connectivity index (χ4v) is 3.33. The lowest BCUT2D eigenvalue weighted by molar-refractivity contribution is -0.261. The molecule has 0 aromatic heterocycles. The van der Waals surface area contributed by atoms with Gasteiger partial charge in [0.1, 0.15) is 18.8 Å². The van der Waals surface area contributed by atoms with E-state index < -0.39 is 60.3 Å². The second-order valence-corrected chi connectivity index (χ2v) is 7.86. The van der Waals surface area contributed by atoms with Gasteiger partial charge < -0.3 is 33.7 Å². The Morgan fingerprint density at radius 1 is 0.806 bits per heavy atom. The lowest BCUT2D eigenvalue weighted by Crippen LogP contribution is -2.63. The van der Waals surface area contributed by atoms with Gasteiger partial charge in [-0.05, 0) is 13.0 Å². The van der Waals surface area contributed by atoms with E-state index in [-0.39, 0.29) is 32.5 Å². The zero-order valence-corrected chi connectivity index (χ0v) is 21.5. The molecular formula is C24H37NO11. The van der Waals surface area contributed by atoms with Crippen LogP contribution >= 0.6 is 0 Å². The highest BCUT2D eigenvalue weighted by Gasteiger charge is 2.50. The Labute approximate surface area is 210 Å². The molecule has 0 saturated carbocycles. The van der Waals surface area contributed by atoms with Gasteiger partial charge in [0, 0.05) is 31.4 Å². The van der Waals surface area contributed by atoms with E-state index in [0.29, 0.717) is 13.0 Å². The highest BCUT2D eigenvalue weighted by molar-refractivity contribution is 5.91. The van der Waals surface area contributed by atoms with E-state index in [0.717, 1.165) is 19.3 Å². The summed E-state index contributed by atoms with van der Waals surface area (Å²) in [4.78, 5) is 59.8. The van der Waals surface area contributed by atoms with Crippen molar-refractivity contribution in [2.45, 2.75) is 77.9 Å². The van der Waals surface area contributed by atoms with Crippen molar-refractivity contribution in [3.05, 3.63) is 12.2 Å². The van der Waals surface area contributed by atoms with E-state index >= 15 is 0 Å². The van der Waals surface area contributed by atoms with Crippen molar-refractivity contribution in [3.8, 4) is 0 Å². The summed E-state index contributed by atoms with van der Waals surface area (Å²) >= 11 is 0. The summed E-state index contributed by atoms with van der Waals surface area (Å²) in [7, 11) is 1.16. The Hall–Kier alpha value is -2.99. The Balaban J connectivity index is 3.35. The van der Waals surface area contributed by atoms with Crippen molar-refractivity contribution in [1.29, 1.82) is 0 Å². The molecule has 1 N–H and O–H groups in total. The third kappa shape index (κ3) is 10.3. The van der Waals surface area contributed by atoms with Crippen LogP contribution in [0.4, 0.5) is 0 Å². The number of rotatable bonds is 14. The first-order valence-electron chi connectivity index (χ1n) is 12.1. The predicted octanol–water partition coefficient (Wildman–Crippen LogP) is 1.20. The number of hydrogen-bond acceptors (Lipinski definition) is 12. The van der Waals surface area contributed by atoms with Crippen LogP contribution in [0, 0.1) is 5.92 Å². The van der Waals surface area contributed by atoms with Gasteiger partial charge in [0.05, 0.1) is 25.7 Å². The summed E-state index contributed by atoms with van der Waals surface area (Å²) in [6, 6.07) is -0.766. The molecule has 0 aromatic rings. The maximum Gasteiger partial charge on any atom is 0.333 e. The van der Waals surface area contributed by atoms with Gasteiger partial charge in [-0.25, -0.2) is 9.59 Å². The molecule has 36 heavy (non-hydrogen) atoms. The number of esters is 5. The van der Waals surface area contributed by atoms with Gasteiger partial charge in [-0.15, -0.1) is 0 Å². The zero-order chi connectivity index (χ0) is 27.1. The number of carbonyl (C=O) groups excluding carboxylic acids is 5. The van der Waals surface area contributed by atoms with Gasteiger partial charge in [-0.1, -0.05) is 27.7 Å². The maximum absolute atomic E-state index is 12.4. The molecular weight excluding hydrogens is 478 g/mol. The first kappa shape index (κ1) is 31.0. The summed E-state index contributed by atoms with van der Waals surface area (Å²) in [5, 5.41) is 3.20. The average molecular weight is 516 g/mol. The minimum absolute atomic E-state index is 0.0726. The SMILES string of the molecule is CCCN[C@H]1[C@@H](OC(=O)/C=C/C(=O)OC)O[C@H](COC(=O)CC)[C@@H](OC(=O)CC)[C@@H]1COC(=O)CC. The second-order valence-electron chi connectivity index (χ2n) is 7.86. The predicted molar refractivity (Wildman–Crippen MR) is 124 cm³/mol. The Bertz CT molecular complexity index is 782. The summed E-state index contributed by atoms with van der Waals surface area (Å²) < 4.78 is 32.2. The Kier molecular flexibility index (Phi) is 14.3. The standard InChI is InChI=1S/C24H37NO11/c1-6-12-25-22-15(13-32-17(26)7-2)23(35-19(28)9-4)16(14-33-18(27)8-3)34-24(22)36-21(30)11-10-20(29)31-5/h10-11,15-16,22-25H,6-9,12-14H2,1-5H3/b11-10+/t15-,16-,22-,23+,24-/m1/s1. The molecule has 1 aliphatic heterocycles. The molecule has 0 amide bonds. The molecule has 1 heterocycles. The zero-order valence-electron chi connectivity index (χ0n) is 21.5. The minimum Gasteiger partial charge on any atom is -0.466 e. The molecule has 0 bridgehead atoms. The van der Waals surface area contributed by atoms with Crippen molar-refractivity contribution in [1.82, 2.24) is 5.32 Å². The lowest BCUT2D eigenvalue weighted by atomic mass is 9.87. The number of hydrogen-bond donors (Lipinski definition) is 1. The first-order chi connectivity index (χ1) is 17.2. The molecule has 204 valence electrons. The van der Waals surface area contributed by atoms with E-state index in [2.05, 4.69) is 10.1 Å². The van der Waals surface area contributed by atoms with Gasteiger partial charge in [0.2, 0.25) is 6.29 Å². The van der Waals surface area contributed by atoms with Gasteiger partial charge in [0.25, 0.3) is 0 Å². The molecule has 1 rings (SSSR count). The largest absolute Gasteiger partial charge is 0.466 e. The second kappa shape index (κ2) is 16.6. The summed E-state index contributed by atoms with van der Waals surface area (Å²) in [6.45, 7) is 6.80. The van der Waals surface area contributed by atoms with E-state index in [4.69, 9.17) is 23.7 Å². The van der Waals surface area contributed by atoms with E-state index in [1.54, 1.807) is 20.8 Å². The summed E-state index contributed by atoms with van der Waals surface area (Å²) in [5.74, 6) is -3.88. The molecule has 0 aromatic carbocycles. The molecule has 12 nitrogen and oxygen atoms in total. The molecule has 0 radical (unpaired) electrons. The van der Waals surface area contributed by atoms with E-state index in [1.807, 2.05) is 6.92 Å². The number of ether oxygens (including phenoxy) is 6. The van der Waals surface area contributed by atoms with Gasteiger partial charge in [-0.3, -0.25) is 14.4 Å². The number of methoxy groups -OCH3 is 1. The third-order valence-corrected chi connectivity index (χ3v) is 5.25. The van der Waals surface area contributed by atoms with Crippen molar-refractivity contribution in [3.63, 3.8) is 0 Å². The van der Waals surface area contributed by atoms with Crippen molar-refractivity contribution >= 4 is 29.8 Å². The molecule has 1 fully saturated rings. The van der Waals surface area contributed by atoms with Crippen molar-refractivity contribution < 1.29 is 52.4 Å². The van der Waals surface area contributed by atoms with Crippen LogP contribution in [0.25, 0.3) is 0 Å². The molecule has 1 saturated heterocycles. The average Bonchev–Trinajstić information content (AvgIpc) is 2.88. The molecule has 12 heteroatoms. The van der Waals surface area contributed by atoms with Crippen LogP contribution in [-0.4, -0.2) is 81.3 Å². The Morgan fingerprint density at radius 3 is 1.94 bits per heavy atom. The normalized spacial score (nSPS) is 23.5. The number of nitrogens with one attached hydrogen (secondary N) is 1. The highest BCUT2D eigenvalue weighted by atomic mass is 16.7. The van der Waals surface area contributed by atoms with Crippen LogP contribution in [0.3, 0.4) is 0 Å². The fourth-order valence-electron chi connectivity index (χ4n) is 3.33. The monoisotopic (exact) mass is 515 g/mol. The van der Waals surface area contributed by atoms with Gasteiger partial charge in [-0.2, -0.15) is 0 Å². The molecule has 0 spiro atoms. The fraction of sp³-hybridized carbons (Fsp3) is 0.708. The molecule has 5 atom stereocenters. The third-order valence-electron chi connectivity index (χ3n) is 5.25. The molecule has 1 aliphatic rings. The molecule has 0 aliphatic carbocycles. The summed E-state index contributed by atoms with van der Waals surface area (Å²) in [6.07, 6.45) is -0.463. The van der Waals surface area contributed by atoms with E-state index in [1.165, 1.54) is 0 Å². The number of carbonyl (C=O) groups is 5. The van der Waals surface area contributed by atoms with Crippen LogP contribution < -0.4 is 5.32 Å². The Morgan fingerprint density at radius 2 is 1.39 bits per heavy atom. The first-order valence-corrected chi connectivity index (χ1v) is 12.1.